The number of rotatable bonds is 8. The highest BCUT2D eigenvalue weighted by Gasteiger charge is 2.35. The number of nitrogens with one attached hydrogen (secondary N) is 1. The summed E-state index contributed by atoms with van der Waals surface area (Å²) in [5.74, 6) is 0.603. The lowest BCUT2D eigenvalue weighted by Crippen LogP contribution is -2.44. The molecule has 1 aliphatic rings. The summed E-state index contributed by atoms with van der Waals surface area (Å²) < 4.78 is 17.6. The zero-order valence-electron chi connectivity index (χ0n) is 19.1. The normalized spacial score (nSPS) is 15.3. The highest BCUT2D eigenvalue weighted by Crippen LogP contribution is 2.35. The van der Waals surface area contributed by atoms with Gasteiger partial charge in [-0.1, -0.05) is 30.3 Å². The molecule has 1 aromatic heterocycles. The summed E-state index contributed by atoms with van der Waals surface area (Å²) in [5.41, 5.74) is 1.29. The molecule has 0 atom stereocenters. The predicted molar refractivity (Wildman–Crippen MR) is 127 cm³/mol. The number of pyridine rings is 1. The Morgan fingerprint density at radius 1 is 1.06 bits per heavy atom. The zero-order valence-corrected chi connectivity index (χ0v) is 19.1. The van der Waals surface area contributed by atoms with Crippen LogP contribution in [0.2, 0.25) is 0 Å². The van der Waals surface area contributed by atoms with Crippen LogP contribution in [-0.4, -0.2) is 51.1 Å². The molecule has 7 nitrogen and oxygen atoms in total. The maximum atomic E-state index is 13.4. The molecular weight excluding hydrogens is 420 g/mol. The maximum absolute atomic E-state index is 13.4. The van der Waals surface area contributed by atoms with E-state index >= 15 is 0 Å². The van der Waals surface area contributed by atoms with E-state index in [-0.39, 0.29) is 16.9 Å². The number of fused-ring (bicyclic) bond motifs is 1. The van der Waals surface area contributed by atoms with E-state index in [1.54, 1.807) is 31.0 Å². The Morgan fingerprint density at radius 3 is 2.42 bits per heavy atom. The molecule has 1 fully saturated rings. The van der Waals surface area contributed by atoms with Crippen LogP contribution in [0.25, 0.3) is 10.8 Å². The van der Waals surface area contributed by atoms with E-state index in [0.29, 0.717) is 49.2 Å². The molecule has 174 valence electrons. The van der Waals surface area contributed by atoms with Crippen molar-refractivity contribution in [2.45, 2.75) is 24.8 Å². The van der Waals surface area contributed by atoms with Crippen LogP contribution >= 0.6 is 0 Å². The standard InChI is InChI=1S/C26H30N2O5/c1-31-16-13-28-17-23(21-5-3-4-6-22(21)25(28)30)24(29)27-18-26(11-14-33-15-12-26)19-7-9-20(32-2)10-8-19/h3-10,17H,11-16,18H2,1-2H3,(H,27,29). The summed E-state index contributed by atoms with van der Waals surface area (Å²) in [6.45, 7) is 2.54. The molecule has 1 amide bonds. The van der Waals surface area contributed by atoms with Gasteiger partial charge in [-0.05, 0) is 36.6 Å². The second-order valence-electron chi connectivity index (χ2n) is 8.38. The lowest BCUT2D eigenvalue weighted by molar-refractivity contribution is 0.0487. The molecule has 0 spiro atoms. The number of benzene rings is 2. The van der Waals surface area contributed by atoms with Crippen molar-refractivity contribution in [2.75, 3.05) is 40.6 Å². The van der Waals surface area contributed by atoms with E-state index in [1.165, 1.54) is 0 Å². The van der Waals surface area contributed by atoms with Crippen LogP contribution in [0.15, 0.2) is 59.5 Å². The fraction of sp³-hybridized carbons (Fsp3) is 0.385. The van der Waals surface area contributed by atoms with Gasteiger partial charge >= 0.3 is 0 Å². The highest BCUT2D eigenvalue weighted by atomic mass is 16.5. The number of ether oxygens (including phenoxy) is 3. The molecule has 0 unspecified atom stereocenters. The van der Waals surface area contributed by atoms with Gasteiger partial charge in [-0.2, -0.15) is 0 Å². The summed E-state index contributed by atoms with van der Waals surface area (Å²) in [5, 5.41) is 4.34. The lowest BCUT2D eigenvalue weighted by atomic mass is 9.74. The number of amides is 1. The summed E-state index contributed by atoms with van der Waals surface area (Å²) >= 11 is 0. The molecule has 7 heteroatoms. The third-order valence-corrected chi connectivity index (χ3v) is 6.51. The first kappa shape index (κ1) is 23.0. The van der Waals surface area contributed by atoms with Gasteiger partial charge in [0.2, 0.25) is 0 Å². The minimum absolute atomic E-state index is 0.127. The van der Waals surface area contributed by atoms with Crippen molar-refractivity contribution in [2.24, 2.45) is 0 Å². The van der Waals surface area contributed by atoms with Crippen LogP contribution in [0.4, 0.5) is 0 Å². The second-order valence-corrected chi connectivity index (χ2v) is 8.38. The average molecular weight is 451 g/mol. The van der Waals surface area contributed by atoms with Crippen LogP contribution in [0.1, 0.15) is 28.8 Å². The minimum atomic E-state index is -0.222. The SMILES string of the molecule is COCCn1cc(C(=O)NCC2(c3ccc(OC)cc3)CCOCC2)c2ccccc2c1=O. The molecule has 4 rings (SSSR count). The van der Waals surface area contributed by atoms with Crippen LogP contribution in [0, 0.1) is 0 Å². The summed E-state index contributed by atoms with van der Waals surface area (Å²) in [4.78, 5) is 26.3. The average Bonchev–Trinajstić information content (AvgIpc) is 2.87. The minimum Gasteiger partial charge on any atom is -0.497 e. The van der Waals surface area contributed by atoms with Crippen LogP contribution in [0.3, 0.4) is 0 Å². The van der Waals surface area contributed by atoms with Crippen molar-refractivity contribution in [1.82, 2.24) is 9.88 Å². The smallest absolute Gasteiger partial charge is 0.258 e. The Labute approximate surface area is 193 Å². The number of hydrogen-bond acceptors (Lipinski definition) is 5. The Balaban J connectivity index is 1.64. The summed E-state index contributed by atoms with van der Waals surface area (Å²) in [6.07, 6.45) is 3.27. The van der Waals surface area contributed by atoms with Crippen LogP contribution in [0.5, 0.6) is 5.75 Å². The van der Waals surface area contributed by atoms with Gasteiger partial charge in [0.05, 0.1) is 19.3 Å². The largest absolute Gasteiger partial charge is 0.497 e. The van der Waals surface area contributed by atoms with Crippen LogP contribution in [-0.2, 0) is 21.4 Å². The molecule has 0 saturated carbocycles. The van der Waals surface area contributed by atoms with Gasteiger partial charge in [-0.25, -0.2) is 0 Å². The third-order valence-electron chi connectivity index (χ3n) is 6.51. The number of nitrogens with zero attached hydrogens (tertiary/aromatic N) is 1. The van der Waals surface area contributed by atoms with E-state index in [1.807, 2.05) is 30.3 Å². The van der Waals surface area contributed by atoms with E-state index in [0.717, 1.165) is 24.2 Å². The second kappa shape index (κ2) is 10.2. The zero-order chi connectivity index (χ0) is 23.3. The van der Waals surface area contributed by atoms with E-state index < -0.39 is 0 Å². The fourth-order valence-corrected chi connectivity index (χ4v) is 4.50. The van der Waals surface area contributed by atoms with Gasteiger partial charge in [-0.3, -0.25) is 9.59 Å². The number of hydrogen-bond donors (Lipinski definition) is 1. The quantitative estimate of drug-likeness (QED) is 0.571. The van der Waals surface area contributed by atoms with E-state index in [4.69, 9.17) is 14.2 Å². The van der Waals surface area contributed by atoms with Gasteiger partial charge in [0.1, 0.15) is 5.75 Å². The maximum Gasteiger partial charge on any atom is 0.258 e. The van der Waals surface area contributed by atoms with Gasteiger partial charge in [0.15, 0.2) is 0 Å². The Kier molecular flexibility index (Phi) is 7.11. The molecular formula is C26H30N2O5. The van der Waals surface area contributed by atoms with Crippen molar-refractivity contribution in [1.29, 1.82) is 0 Å². The van der Waals surface area contributed by atoms with Crippen molar-refractivity contribution in [3.63, 3.8) is 0 Å². The Morgan fingerprint density at radius 2 is 1.76 bits per heavy atom. The van der Waals surface area contributed by atoms with E-state index in [2.05, 4.69) is 17.4 Å². The molecule has 2 aromatic carbocycles. The third kappa shape index (κ3) is 4.79. The van der Waals surface area contributed by atoms with Crippen molar-refractivity contribution < 1.29 is 19.0 Å². The number of aromatic nitrogens is 1. The van der Waals surface area contributed by atoms with Gasteiger partial charge < -0.3 is 24.1 Å². The monoisotopic (exact) mass is 450 g/mol. The number of carbonyl (C=O) groups excluding carboxylic acids is 1. The van der Waals surface area contributed by atoms with Crippen molar-refractivity contribution in [3.05, 3.63) is 76.2 Å². The van der Waals surface area contributed by atoms with Gasteiger partial charge in [0, 0.05) is 55.8 Å². The molecule has 1 N–H and O–H groups in total. The first-order chi connectivity index (χ1) is 16.1. The first-order valence-electron chi connectivity index (χ1n) is 11.2. The molecule has 0 radical (unpaired) electrons. The fourth-order valence-electron chi connectivity index (χ4n) is 4.50. The van der Waals surface area contributed by atoms with Crippen LogP contribution < -0.4 is 15.6 Å². The molecule has 1 saturated heterocycles. The number of carbonyl (C=O) groups is 1. The highest BCUT2D eigenvalue weighted by molar-refractivity contribution is 6.06. The Bertz CT molecular complexity index is 1160. The molecule has 3 aromatic rings. The summed E-state index contributed by atoms with van der Waals surface area (Å²) in [7, 11) is 3.24. The van der Waals surface area contributed by atoms with E-state index in [9.17, 15) is 9.59 Å². The lowest BCUT2D eigenvalue weighted by Gasteiger charge is -2.38. The molecule has 0 bridgehead atoms. The molecule has 2 heterocycles. The van der Waals surface area contributed by atoms with Gasteiger partial charge in [-0.15, -0.1) is 0 Å². The first-order valence-corrected chi connectivity index (χ1v) is 11.2. The molecule has 0 aliphatic carbocycles. The topological polar surface area (TPSA) is 78.8 Å². The van der Waals surface area contributed by atoms with Crippen molar-refractivity contribution in [3.8, 4) is 5.75 Å². The predicted octanol–water partition coefficient (Wildman–Crippen LogP) is 3.13. The number of methoxy groups -OCH3 is 2. The molecule has 33 heavy (non-hydrogen) atoms. The van der Waals surface area contributed by atoms with Gasteiger partial charge in [0.25, 0.3) is 11.5 Å². The summed E-state index contributed by atoms with van der Waals surface area (Å²) in [6, 6.07) is 15.3. The van der Waals surface area contributed by atoms with Crippen molar-refractivity contribution >= 4 is 16.7 Å². The molecule has 1 aliphatic heterocycles. The Hall–Kier alpha value is -3.16.